The van der Waals surface area contributed by atoms with Gasteiger partial charge in [0.1, 0.15) is 11.0 Å². The van der Waals surface area contributed by atoms with Crippen molar-refractivity contribution in [1.29, 1.82) is 0 Å². The lowest BCUT2D eigenvalue weighted by atomic mass is 10.1. The third-order valence-electron chi connectivity index (χ3n) is 4.15. The van der Waals surface area contributed by atoms with Crippen LogP contribution in [-0.4, -0.2) is 34.6 Å². The standard InChI is InChI=1S/C21H21ClN4O3S/c1-3-29-17-10-8-16(9-11-17)23-20(28)18-12-19(27)24-21(30-18)26-25-13(2)14-4-6-15(22)7-5-14/h4-11,18H,3,12H2,1-2H3,(H,23,28)(H,24,26,27)/b25-13+. The summed E-state index contributed by atoms with van der Waals surface area (Å²) in [6.45, 7) is 4.28. The quantitative estimate of drug-likeness (QED) is 0.518. The zero-order chi connectivity index (χ0) is 21.5. The number of nitrogens with zero attached hydrogens (tertiary/aromatic N) is 2. The number of amides is 2. The van der Waals surface area contributed by atoms with Crippen LogP contribution in [0.15, 0.2) is 58.7 Å². The Labute approximate surface area is 183 Å². The minimum Gasteiger partial charge on any atom is -0.494 e. The van der Waals surface area contributed by atoms with Gasteiger partial charge in [-0.25, -0.2) is 0 Å². The molecule has 1 atom stereocenters. The summed E-state index contributed by atoms with van der Waals surface area (Å²) in [5, 5.41) is 14.1. The third-order valence-corrected chi connectivity index (χ3v) is 5.47. The van der Waals surface area contributed by atoms with Gasteiger partial charge in [0, 0.05) is 17.1 Å². The van der Waals surface area contributed by atoms with Crippen LogP contribution in [-0.2, 0) is 9.59 Å². The second-order valence-corrected chi connectivity index (χ2v) is 8.03. The molecule has 2 aromatic rings. The summed E-state index contributed by atoms with van der Waals surface area (Å²) in [6.07, 6.45) is 0.0619. The van der Waals surface area contributed by atoms with E-state index >= 15 is 0 Å². The number of halogens is 1. The molecule has 156 valence electrons. The van der Waals surface area contributed by atoms with Gasteiger partial charge in [-0.3, -0.25) is 9.59 Å². The second kappa shape index (κ2) is 10.3. The minimum atomic E-state index is -0.602. The van der Waals surface area contributed by atoms with E-state index in [4.69, 9.17) is 16.3 Å². The highest BCUT2D eigenvalue weighted by Crippen LogP contribution is 2.23. The van der Waals surface area contributed by atoms with Gasteiger partial charge in [0.2, 0.25) is 11.8 Å². The van der Waals surface area contributed by atoms with Crippen molar-refractivity contribution in [1.82, 2.24) is 5.32 Å². The monoisotopic (exact) mass is 444 g/mol. The van der Waals surface area contributed by atoms with Gasteiger partial charge in [-0.05, 0) is 55.8 Å². The zero-order valence-corrected chi connectivity index (χ0v) is 18.1. The maximum Gasteiger partial charge on any atom is 0.238 e. The molecule has 9 heteroatoms. The molecule has 1 saturated heterocycles. The molecule has 1 unspecified atom stereocenters. The highest BCUT2D eigenvalue weighted by Gasteiger charge is 2.30. The van der Waals surface area contributed by atoms with Gasteiger partial charge < -0.3 is 15.4 Å². The fourth-order valence-electron chi connectivity index (χ4n) is 2.63. The van der Waals surface area contributed by atoms with Crippen LogP contribution in [0.25, 0.3) is 0 Å². The molecule has 1 heterocycles. The van der Waals surface area contributed by atoms with Gasteiger partial charge >= 0.3 is 0 Å². The van der Waals surface area contributed by atoms with Crippen molar-refractivity contribution < 1.29 is 14.3 Å². The van der Waals surface area contributed by atoms with E-state index in [1.54, 1.807) is 43.3 Å². The molecule has 0 aromatic heterocycles. The average molecular weight is 445 g/mol. The molecule has 2 amide bonds. The van der Waals surface area contributed by atoms with E-state index in [1.165, 1.54) is 11.8 Å². The Kier molecular flexibility index (Phi) is 7.48. The largest absolute Gasteiger partial charge is 0.494 e. The molecule has 2 aromatic carbocycles. The highest BCUT2D eigenvalue weighted by atomic mass is 35.5. The second-order valence-electron chi connectivity index (χ2n) is 6.40. The summed E-state index contributed by atoms with van der Waals surface area (Å²) in [5.41, 5.74) is 2.15. The molecule has 0 radical (unpaired) electrons. The van der Waals surface area contributed by atoms with Gasteiger partial charge in [0.25, 0.3) is 0 Å². The Morgan fingerprint density at radius 3 is 2.60 bits per heavy atom. The SMILES string of the molecule is CCOc1ccc(NC(=O)C2CC(=O)N/C(=N\N=C(/C)c3ccc(Cl)cc3)S2)cc1. The molecule has 0 spiro atoms. The minimum absolute atomic E-state index is 0.0619. The Balaban J connectivity index is 1.66. The van der Waals surface area contributed by atoms with Gasteiger partial charge in [-0.2, -0.15) is 5.10 Å². The molecule has 1 fully saturated rings. The van der Waals surface area contributed by atoms with E-state index < -0.39 is 5.25 Å². The number of rotatable bonds is 6. The summed E-state index contributed by atoms with van der Waals surface area (Å²) in [5.74, 6) is 0.175. The number of nitrogens with one attached hydrogen (secondary N) is 2. The van der Waals surface area contributed by atoms with Gasteiger partial charge in [-0.1, -0.05) is 35.5 Å². The number of benzene rings is 2. The van der Waals surface area contributed by atoms with Crippen LogP contribution in [0, 0.1) is 0 Å². The Bertz CT molecular complexity index is 975. The molecular formula is C21H21ClN4O3S. The Hall–Kier alpha value is -2.84. The van der Waals surface area contributed by atoms with Crippen LogP contribution in [0.1, 0.15) is 25.8 Å². The summed E-state index contributed by atoms with van der Waals surface area (Å²) >= 11 is 7.06. The molecular weight excluding hydrogens is 424 g/mol. The van der Waals surface area contributed by atoms with E-state index in [0.29, 0.717) is 23.0 Å². The first-order valence-electron chi connectivity index (χ1n) is 9.33. The normalized spacial score (nSPS) is 18.1. The number of carbonyl (C=O) groups is 2. The Morgan fingerprint density at radius 2 is 1.93 bits per heavy atom. The van der Waals surface area contributed by atoms with Crippen molar-refractivity contribution in [3.8, 4) is 5.75 Å². The summed E-state index contributed by atoms with van der Waals surface area (Å²) < 4.78 is 5.39. The third kappa shape index (κ3) is 6.08. The van der Waals surface area contributed by atoms with Crippen LogP contribution in [0.4, 0.5) is 5.69 Å². The van der Waals surface area contributed by atoms with E-state index in [1.807, 2.05) is 19.1 Å². The number of hydrogen-bond donors (Lipinski definition) is 2. The lowest BCUT2D eigenvalue weighted by Crippen LogP contribution is -2.41. The Morgan fingerprint density at radius 1 is 1.23 bits per heavy atom. The maximum atomic E-state index is 12.6. The van der Waals surface area contributed by atoms with Crippen LogP contribution >= 0.6 is 23.4 Å². The number of amidine groups is 1. The predicted molar refractivity (Wildman–Crippen MR) is 121 cm³/mol. The maximum absolute atomic E-state index is 12.6. The summed E-state index contributed by atoms with van der Waals surface area (Å²) in [7, 11) is 0. The predicted octanol–water partition coefficient (Wildman–Crippen LogP) is 4.08. The molecule has 1 aliphatic rings. The number of thioether (sulfide) groups is 1. The zero-order valence-electron chi connectivity index (χ0n) is 16.5. The lowest BCUT2D eigenvalue weighted by Gasteiger charge is -2.21. The van der Waals surface area contributed by atoms with Crippen LogP contribution in [0.3, 0.4) is 0 Å². The van der Waals surface area contributed by atoms with Crippen molar-refractivity contribution in [2.75, 3.05) is 11.9 Å². The molecule has 2 N–H and O–H groups in total. The number of ether oxygens (including phenoxy) is 1. The molecule has 1 aliphatic heterocycles. The van der Waals surface area contributed by atoms with E-state index in [2.05, 4.69) is 20.8 Å². The molecule has 0 aliphatic carbocycles. The first-order chi connectivity index (χ1) is 14.4. The molecule has 3 rings (SSSR count). The smallest absolute Gasteiger partial charge is 0.238 e. The fourth-order valence-corrected chi connectivity index (χ4v) is 3.69. The van der Waals surface area contributed by atoms with Crippen molar-refractivity contribution >= 4 is 51.7 Å². The van der Waals surface area contributed by atoms with Gasteiger partial charge in [0.05, 0.1) is 12.3 Å². The first-order valence-corrected chi connectivity index (χ1v) is 10.6. The highest BCUT2D eigenvalue weighted by molar-refractivity contribution is 8.15. The van der Waals surface area contributed by atoms with Gasteiger partial charge in [-0.15, -0.1) is 5.10 Å². The van der Waals surface area contributed by atoms with E-state index in [-0.39, 0.29) is 23.4 Å². The van der Waals surface area contributed by atoms with Crippen LogP contribution in [0.2, 0.25) is 5.02 Å². The molecule has 30 heavy (non-hydrogen) atoms. The van der Waals surface area contributed by atoms with E-state index in [9.17, 15) is 9.59 Å². The lowest BCUT2D eigenvalue weighted by molar-refractivity contribution is -0.123. The summed E-state index contributed by atoms with van der Waals surface area (Å²) in [6, 6.07) is 14.3. The molecule has 0 saturated carbocycles. The van der Waals surface area contributed by atoms with Gasteiger partial charge in [0.15, 0.2) is 5.17 Å². The number of carbonyl (C=O) groups excluding carboxylic acids is 2. The fraction of sp³-hybridized carbons (Fsp3) is 0.238. The number of anilines is 1. The van der Waals surface area contributed by atoms with Crippen molar-refractivity contribution in [3.05, 3.63) is 59.1 Å². The first kappa shape index (κ1) is 21.9. The van der Waals surface area contributed by atoms with E-state index in [0.717, 1.165) is 11.3 Å². The molecule has 0 bridgehead atoms. The summed E-state index contributed by atoms with van der Waals surface area (Å²) in [4.78, 5) is 24.7. The van der Waals surface area contributed by atoms with Crippen LogP contribution in [0.5, 0.6) is 5.75 Å². The van der Waals surface area contributed by atoms with Crippen molar-refractivity contribution in [3.63, 3.8) is 0 Å². The van der Waals surface area contributed by atoms with Crippen molar-refractivity contribution in [2.24, 2.45) is 10.2 Å². The van der Waals surface area contributed by atoms with Crippen LogP contribution < -0.4 is 15.4 Å². The average Bonchev–Trinajstić information content (AvgIpc) is 2.74. The van der Waals surface area contributed by atoms with Crippen molar-refractivity contribution in [2.45, 2.75) is 25.5 Å². The topological polar surface area (TPSA) is 92.1 Å². The molecule has 7 nitrogen and oxygen atoms in total. The number of hydrogen-bond acceptors (Lipinski definition) is 6.